The number of amidine groups is 1. The lowest BCUT2D eigenvalue weighted by molar-refractivity contribution is 0.262. The van der Waals surface area contributed by atoms with Gasteiger partial charge in [-0.15, -0.1) is 0 Å². The fourth-order valence-electron chi connectivity index (χ4n) is 3.22. The molecule has 0 aromatic heterocycles. The molecule has 2 N–H and O–H groups in total. The lowest BCUT2D eigenvalue weighted by Gasteiger charge is -2.19. The number of urea groups is 1. The highest BCUT2D eigenvalue weighted by Gasteiger charge is 2.26. The molecule has 2 aromatic rings. The first kappa shape index (κ1) is 18.6. The third-order valence-electron chi connectivity index (χ3n) is 4.82. The summed E-state index contributed by atoms with van der Waals surface area (Å²) in [5.74, 6) is 0. The number of amides is 2. The van der Waals surface area contributed by atoms with Crippen LogP contribution in [0.15, 0.2) is 58.9 Å². The van der Waals surface area contributed by atoms with Crippen LogP contribution in [-0.4, -0.2) is 29.2 Å². The van der Waals surface area contributed by atoms with Crippen LogP contribution in [0.3, 0.4) is 0 Å². The van der Waals surface area contributed by atoms with E-state index in [-0.39, 0.29) is 11.4 Å². The lowest BCUT2D eigenvalue weighted by Crippen LogP contribution is -2.20. The molecule has 0 aliphatic carbocycles. The fourth-order valence-corrected chi connectivity index (χ4v) is 4.18. The average Bonchev–Trinajstić information content (AvgIpc) is 3.26. The van der Waals surface area contributed by atoms with Gasteiger partial charge in [0.1, 0.15) is 0 Å². The van der Waals surface area contributed by atoms with E-state index in [9.17, 15) is 4.79 Å². The highest BCUT2D eigenvalue weighted by Crippen LogP contribution is 2.35. The minimum Gasteiger partial charge on any atom is -0.318 e. The van der Waals surface area contributed by atoms with Crippen LogP contribution in [0.1, 0.15) is 31.9 Å². The van der Waals surface area contributed by atoms with E-state index < -0.39 is 0 Å². The SMILES string of the molecule is CC(C)(C)c1ccc(NC(=O)Nc2ccc(C3=CSC4=NCCN34)cc2)cc1. The number of fused-ring (bicyclic) bond motifs is 1. The van der Waals surface area contributed by atoms with Gasteiger partial charge in [-0.1, -0.05) is 56.8 Å². The molecule has 0 unspecified atom stereocenters. The van der Waals surface area contributed by atoms with Gasteiger partial charge in [0, 0.05) is 23.3 Å². The Morgan fingerprint density at radius 1 is 1.00 bits per heavy atom. The number of nitrogens with one attached hydrogen (secondary N) is 2. The number of rotatable bonds is 3. The van der Waals surface area contributed by atoms with Crippen molar-refractivity contribution in [3.8, 4) is 0 Å². The van der Waals surface area contributed by atoms with Crippen LogP contribution in [0.4, 0.5) is 16.2 Å². The minimum absolute atomic E-state index is 0.0947. The van der Waals surface area contributed by atoms with E-state index in [1.807, 2.05) is 48.5 Å². The van der Waals surface area contributed by atoms with E-state index in [2.05, 4.69) is 46.7 Å². The van der Waals surface area contributed by atoms with Crippen molar-refractivity contribution in [2.24, 2.45) is 4.99 Å². The summed E-state index contributed by atoms with van der Waals surface area (Å²) in [6, 6.07) is 15.6. The summed E-state index contributed by atoms with van der Waals surface area (Å²) in [6.07, 6.45) is 0. The van der Waals surface area contributed by atoms with Gasteiger partial charge < -0.3 is 15.5 Å². The predicted octanol–water partition coefficient (Wildman–Crippen LogP) is 5.34. The fraction of sp³-hybridized carbons (Fsp3) is 0.273. The van der Waals surface area contributed by atoms with E-state index in [0.29, 0.717) is 0 Å². The van der Waals surface area contributed by atoms with E-state index >= 15 is 0 Å². The van der Waals surface area contributed by atoms with Gasteiger partial charge in [0.05, 0.1) is 12.2 Å². The molecule has 2 aromatic carbocycles. The van der Waals surface area contributed by atoms with Crippen molar-refractivity contribution < 1.29 is 4.79 Å². The number of aliphatic imine (C=N–C) groups is 1. The number of carbonyl (C=O) groups excluding carboxylic acids is 1. The first-order chi connectivity index (χ1) is 13.4. The van der Waals surface area contributed by atoms with Crippen molar-refractivity contribution >= 4 is 40.0 Å². The molecule has 28 heavy (non-hydrogen) atoms. The van der Waals surface area contributed by atoms with Crippen molar-refractivity contribution in [3.05, 3.63) is 65.1 Å². The van der Waals surface area contributed by atoms with Crippen LogP contribution >= 0.6 is 11.8 Å². The first-order valence-corrected chi connectivity index (χ1v) is 10.3. The number of thioether (sulfide) groups is 1. The maximum Gasteiger partial charge on any atom is 0.323 e. The summed E-state index contributed by atoms with van der Waals surface area (Å²) in [7, 11) is 0. The summed E-state index contributed by atoms with van der Waals surface area (Å²) in [6.45, 7) is 8.30. The third kappa shape index (κ3) is 3.92. The molecule has 0 saturated carbocycles. The van der Waals surface area contributed by atoms with Crippen LogP contribution < -0.4 is 10.6 Å². The van der Waals surface area contributed by atoms with Crippen molar-refractivity contribution in [1.29, 1.82) is 0 Å². The monoisotopic (exact) mass is 392 g/mol. The zero-order valence-corrected chi connectivity index (χ0v) is 17.1. The number of anilines is 2. The van der Waals surface area contributed by atoms with Crippen molar-refractivity contribution in [3.63, 3.8) is 0 Å². The van der Waals surface area contributed by atoms with Gasteiger partial charge in [-0.3, -0.25) is 4.99 Å². The Morgan fingerprint density at radius 2 is 1.61 bits per heavy atom. The van der Waals surface area contributed by atoms with E-state index in [1.54, 1.807) is 11.8 Å². The summed E-state index contributed by atoms with van der Waals surface area (Å²) < 4.78 is 0. The van der Waals surface area contributed by atoms with Crippen LogP contribution in [0.25, 0.3) is 5.70 Å². The number of nitrogens with zero attached hydrogens (tertiary/aromatic N) is 2. The Labute approximate surface area is 169 Å². The standard InChI is InChI=1S/C22H24N4OS/c1-22(2,3)16-6-10-18(11-7-16)25-20(27)24-17-8-4-15(5-9-17)19-14-28-21-23-12-13-26(19)21/h4-11,14H,12-13H2,1-3H3,(H2,24,25,27). The Hall–Kier alpha value is -2.73. The average molecular weight is 393 g/mol. The summed E-state index contributed by atoms with van der Waals surface area (Å²) in [4.78, 5) is 19.0. The molecule has 6 heteroatoms. The lowest BCUT2D eigenvalue weighted by atomic mass is 9.87. The van der Waals surface area contributed by atoms with Crippen LogP contribution in [0.2, 0.25) is 0 Å². The second-order valence-electron chi connectivity index (χ2n) is 7.92. The number of hydrogen-bond donors (Lipinski definition) is 2. The Balaban J connectivity index is 1.37. The van der Waals surface area contributed by atoms with E-state index in [1.165, 1.54) is 11.3 Å². The van der Waals surface area contributed by atoms with Crippen molar-refractivity contribution in [2.75, 3.05) is 23.7 Å². The van der Waals surface area contributed by atoms with Gasteiger partial charge in [-0.2, -0.15) is 0 Å². The van der Waals surface area contributed by atoms with Gasteiger partial charge in [0.25, 0.3) is 0 Å². The van der Waals surface area contributed by atoms with Gasteiger partial charge in [-0.25, -0.2) is 4.79 Å². The normalized spacial score (nSPS) is 15.8. The predicted molar refractivity (Wildman–Crippen MR) is 119 cm³/mol. The molecule has 2 aliphatic heterocycles. The molecule has 4 rings (SSSR count). The van der Waals surface area contributed by atoms with Gasteiger partial charge in [-0.05, 0) is 40.8 Å². The number of hydrogen-bond acceptors (Lipinski definition) is 4. The molecule has 0 atom stereocenters. The van der Waals surface area contributed by atoms with Crippen LogP contribution in [0.5, 0.6) is 0 Å². The summed E-state index contributed by atoms with van der Waals surface area (Å²) in [5.41, 5.74) is 5.17. The number of benzene rings is 2. The van der Waals surface area contributed by atoms with Gasteiger partial charge in [0.15, 0.2) is 5.17 Å². The molecule has 0 saturated heterocycles. The smallest absolute Gasteiger partial charge is 0.318 e. The molecule has 0 bridgehead atoms. The van der Waals surface area contributed by atoms with E-state index in [4.69, 9.17) is 0 Å². The quantitative estimate of drug-likeness (QED) is 0.741. The Kier molecular flexibility index (Phi) is 4.89. The minimum atomic E-state index is -0.249. The van der Waals surface area contributed by atoms with Gasteiger partial charge in [0.2, 0.25) is 0 Å². The van der Waals surface area contributed by atoms with Crippen LogP contribution in [0, 0.1) is 0 Å². The maximum atomic E-state index is 12.3. The largest absolute Gasteiger partial charge is 0.323 e. The molecule has 0 spiro atoms. The molecule has 0 radical (unpaired) electrons. The molecule has 2 heterocycles. The van der Waals surface area contributed by atoms with Crippen molar-refractivity contribution in [1.82, 2.24) is 4.90 Å². The molecule has 2 aliphatic rings. The second-order valence-corrected chi connectivity index (χ2v) is 8.76. The highest BCUT2D eigenvalue weighted by atomic mass is 32.2. The zero-order valence-electron chi connectivity index (χ0n) is 16.3. The Bertz CT molecular complexity index is 940. The molecular formula is C22H24N4OS. The molecule has 5 nitrogen and oxygen atoms in total. The topological polar surface area (TPSA) is 56.7 Å². The summed E-state index contributed by atoms with van der Waals surface area (Å²) >= 11 is 1.67. The molecule has 0 fully saturated rings. The summed E-state index contributed by atoms with van der Waals surface area (Å²) in [5, 5.41) is 8.98. The highest BCUT2D eigenvalue weighted by molar-refractivity contribution is 8.16. The molecular weight excluding hydrogens is 368 g/mol. The zero-order chi connectivity index (χ0) is 19.7. The number of carbonyl (C=O) groups is 1. The first-order valence-electron chi connectivity index (χ1n) is 9.38. The molecule has 144 valence electrons. The second kappa shape index (κ2) is 7.36. The van der Waals surface area contributed by atoms with E-state index in [0.717, 1.165) is 35.2 Å². The molecule has 2 amide bonds. The van der Waals surface area contributed by atoms with Crippen molar-refractivity contribution in [2.45, 2.75) is 26.2 Å². The van der Waals surface area contributed by atoms with Crippen LogP contribution in [-0.2, 0) is 5.41 Å². The maximum absolute atomic E-state index is 12.3. The third-order valence-corrected chi connectivity index (χ3v) is 5.72. The Morgan fingerprint density at radius 3 is 2.21 bits per heavy atom. The van der Waals surface area contributed by atoms with Gasteiger partial charge >= 0.3 is 6.03 Å².